The molecule has 0 spiro atoms. The van der Waals surface area contributed by atoms with Gasteiger partial charge in [0.15, 0.2) is 0 Å². The number of hydrazine groups is 2. The number of thioether (sulfide) groups is 2. The summed E-state index contributed by atoms with van der Waals surface area (Å²) >= 11 is 24.6. The highest BCUT2D eigenvalue weighted by atomic mass is 35.5. The van der Waals surface area contributed by atoms with Crippen LogP contribution in [0.25, 0.3) is 0 Å². The Balaban J connectivity index is 1.22. The standard InChI is InChI=1S/C28H24Cl2N6O6S4/c29-17-9-3-1-7-15(17)23(39)33-31-19(37)11-5-13-35-25(41)21(45-27(35)43)22-26(42)36(28(44)46-22)14-6-12-20(38)32-34-24(40)16-8-2-4-10-18(16)30/h1-4,7-10H,5-6,11-14H2,(H,31,37)(H,32,38)(H,33,39)(H,34,40). The molecule has 18 heteroatoms. The topological polar surface area (TPSA) is 157 Å². The average molecular weight is 740 g/mol. The van der Waals surface area contributed by atoms with E-state index in [2.05, 4.69) is 21.7 Å². The van der Waals surface area contributed by atoms with Crippen molar-refractivity contribution in [3.05, 3.63) is 79.5 Å². The molecule has 0 radical (unpaired) electrons. The zero-order valence-electron chi connectivity index (χ0n) is 23.6. The molecular weight excluding hydrogens is 716 g/mol. The number of thiocarbonyl (C=S) groups is 2. The summed E-state index contributed by atoms with van der Waals surface area (Å²) in [6.45, 7) is 0.227. The van der Waals surface area contributed by atoms with Gasteiger partial charge in [-0.2, -0.15) is 0 Å². The SMILES string of the molecule is O=C(CCCN1C(=O)C(=C2SC(=S)N(CCCC(=O)NNC(=O)c3ccccc3Cl)C2=O)SC1=S)NNC(=O)c1ccccc1Cl. The summed E-state index contributed by atoms with van der Waals surface area (Å²) in [6.07, 6.45) is 0.425. The molecule has 0 unspecified atom stereocenters. The van der Waals surface area contributed by atoms with Crippen LogP contribution in [0.3, 0.4) is 0 Å². The maximum absolute atomic E-state index is 13.2. The summed E-state index contributed by atoms with van der Waals surface area (Å²) in [5, 5.41) is 0.474. The van der Waals surface area contributed by atoms with Gasteiger partial charge in [0, 0.05) is 25.9 Å². The van der Waals surface area contributed by atoms with E-state index >= 15 is 0 Å². The van der Waals surface area contributed by atoms with E-state index in [4.69, 9.17) is 47.6 Å². The van der Waals surface area contributed by atoms with Crippen LogP contribution in [0.5, 0.6) is 0 Å². The van der Waals surface area contributed by atoms with Gasteiger partial charge in [0.2, 0.25) is 11.8 Å². The van der Waals surface area contributed by atoms with Crippen molar-refractivity contribution in [3.8, 4) is 0 Å². The van der Waals surface area contributed by atoms with E-state index in [-0.39, 0.29) is 78.4 Å². The molecule has 0 atom stereocenters. The Bertz CT molecular complexity index is 1550. The lowest BCUT2D eigenvalue weighted by Crippen LogP contribution is -2.42. The van der Waals surface area contributed by atoms with Gasteiger partial charge < -0.3 is 0 Å². The van der Waals surface area contributed by atoms with E-state index in [1.807, 2.05) is 0 Å². The van der Waals surface area contributed by atoms with Gasteiger partial charge in [-0.3, -0.25) is 60.3 Å². The highest BCUT2D eigenvalue weighted by molar-refractivity contribution is 8.29. The molecule has 2 fully saturated rings. The van der Waals surface area contributed by atoms with E-state index in [0.717, 1.165) is 23.5 Å². The zero-order chi connectivity index (χ0) is 33.4. The van der Waals surface area contributed by atoms with Crippen molar-refractivity contribution in [2.45, 2.75) is 25.7 Å². The second-order valence-electron chi connectivity index (χ2n) is 9.48. The lowest BCUT2D eigenvalue weighted by molar-refractivity contribution is -0.125. The predicted octanol–water partition coefficient (Wildman–Crippen LogP) is 3.71. The van der Waals surface area contributed by atoms with E-state index in [9.17, 15) is 28.8 Å². The van der Waals surface area contributed by atoms with Crippen LogP contribution in [0.2, 0.25) is 10.0 Å². The number of rotatable bonds is 10. The Hall–Kier alpha value is -3.54. The van der Waals surface area contributed by atoms with Crippen molar-refractivity contribution >= 4 is 115 Å². The third-order valence-corrected chi connectivity index (χ3v) is 10.0. The quantitative estimate of drug-likeness (QED) is 0.161. The van der Waals surface area contributed by atoms with Crippen LogP contribution in [0.15, 0.2) is 58.3 Å². The lowest BCUT2D eigenvalue weighted by Gasteiger charge is -2.15. The molecule has 0 aliphatic carbocycles. The van der Waals surface area contributed by atoms with Crippen LogP contribution in [0.4, 0.5) is 0 Å². The third-order valence-electron chi connectivity index (χ3n) is 6.34. The maximum atomic E-state index is 13.2. The molecule has 2 saturated heterocycles. The van der Waals surface area contributed by atoms with E-state index < -0.39 is 35.4 Å². The fourth-order valence-corrected chi connectivity index (χ4v) is 7.27. The number of amides is 6. The maximum Gasteiger partial charge on any atom is 0.271 e. The molecule has 2 aromatic rings. The van der Waals surface area contributed by atoms with Crippen LogP contribution in [-0.4, -0.2) is 67.0 Å². The van der Waals surface area contributed by atoms with Crippen molar-refractivity contribution in [1.29, 1.82) is 0 Å². The number of nitrogens with one attached hydrogen (secondary N) is 4. The molecule has 2 aliphatic rings. The van der Waals surface area contributed by atoms with E-state index in [1.165, 1.54) is 21.9 Å². The van der Waals surface area contributed by atoms with Gasteiger partial charge in [0.25, 0.3) is 23.6 Å². The second-order valence-corrected chi connectivity index (χ2v) is 13.6. The van der Waals surface area contributed by atoms with Gasteiger partial charge in [-0.25, -0.2) is 0 Å². The molecule has 240 valence electrons. The minimum Gasteiger partial charge on any atom is -0.293 e. The first-order valence-electron chi connectivity index (χ1n) is 13.5. The van der Waals surface area contributed by atoms with Gasteiger partial charge in [0.1, 0.15) is 8.64 Å². The Kier molecular flexibility index (Phi) is 12.5. The Morgan fingerprint density at radius 1 is 0.630 bits per heavy atom. The van der Waals surface area contributed by atoms with Crippen molar-refractivity contribution in [3.63, 3.8) is 0 Å². The molecule has 2 aromatic carbocycles. The van der Waals surface area contributed by atoms with E-state index in [0.29, 0.717) is 0 Å². The van der Waals surface area contributed by atoms with Crippen molar-refractivity contribution in [1.82, 2.24) is 31.5 Å². The van der Waals surface area contributed by atoms with Gasteiger partial charge >= 0.3 is 0 Å². The fourth-order valence-electron chi connectivity index (χ4n) is 4.05. The number of hydrogen-bond donors (Lipinski definition) is 4. The minimum atomic E-state index is -0.574. The van der Waals surface area contributed by atoms with Crippen LogP contribution in [0, 0.1) is 0 Å². The van der Waals surface area contributed by atoms with Crippen molar-refractivity contribution in [2.75, 3.05) is 13.1 Å². The third kappa shape index (κ3) is 8.83. The Morgan fingerprint density at radius 3 is 1.37 bits per heavy atom. The predicted molar refractivity (Wildman–Crippen MR) is 183 cm³/mol. The summed E-state index contributed by atoms with van der Waals surface area (Å²) in [5.74, 6) is -3.07. The Labute approximate surface area is 292 Å². The van der Waals surface area contributed by atoms with Crippen LogP contribution in [-0.2, 0) is 19.2 Å². The highest BCUT2D eigenvalue weighted by Gasteiger charge is 2.41. The molecule has 4 N–H and O–H groups in total. The monoisotopic (exact) mass is 738 g/mol. The van der Waals surface area contributed by atoms with Crippen LogP contribution < -0.4 is 21.7 Å². The van der Waals surface area contributed by atoms with Crippen molar-refractivity contribution < 1.29 is 28.8 Å². The summed E-state index contributed by atoms with van der Waals surface area (Å²) in [5.41, 5.74) is 9.60. The summed E-state index contributed by atoms with van der Waals surface area (Å²) in [7, 11) is 0. The molecule has 0 saturated carbocycles. The molecule has 6 amide bonds. The molecule has 12 nitrogen and oxygen atoms in total. The number of halogens is 2. The normalized spacial score (nSPS) is 16.1. The van der Waals surface area contributed by atoms with Gasteiger partial charge in [-0.15, -0.1) is 0 Å². The van der Waals surface area contributed by atoms with Crippen molar-refractivity contribution in [2.24, 2.45) is 0 Å². The van der Waals surface area contributed by atoms with E-state index in [1.54, 1.807) is 36.4 Å². The molecule has 2 heterocycles. The number of benzene rings is 2. The highest BCUT2D eigenvalue weighted by Crippen LogP contribution is 2.42. The zero-order valence-corrected chi connectivity index (χ0v) is 28.4. The molecule has 2 aliphatic heterocycles. The first-order chi connectivity index (χ1) is 22.0. The van der Waals surface area contributed by atoms with Gasteiger partial charge in [-0.05, 0) is 37.1 Å². The number of nitrogens with zero attached hydrogens (tertiary/aromatic N) is 2. The van der Waals surface area contributed by atoms with Gasteiger partial charge in [0.05, 0.1) is 31.0 Å². The molecule has 0 bridgehead atoms. The second kappa shape index (κ2) is 16.3. The first-order valence-corrected chi connectivity index (χ1v) is 16.7. The minimum absolute atomic E-state index is 0.0193. The number of carbonyl (C=O) groups is 6. The molecule has 46 heavy (non-hydrogen) atoms. The molecular formula is C28H24Cl2N6O6S4. The summed E-state index contributed by atoms with van der Waals surface area (Å²) in [6, 6.07) is 12.7. The average Bonchev–Trinajstić information content (AvgIpc) is 3.47. The smallest absolute Gasteiger partial charge is 0.271 e. The fraction of sp³-hybridized carbons (Fsp3) is 0.214. The van der Waals surface area contributed by atoms with Crippen LogP contribution >= 0.6 is 71.2 Å². The first kappa shape index (κ1) is 35.3. The molecule has 0 aromatic heterocycles. The number of carbonyl (C=O) groups excluding carboxylic acids is 6. The van der Waals surface area contributed by atoms with Gasteiger partial charge in [-0.1, -0.05) is 95.4 Å². The lowest BCUT2D eigenvalue weighted by atomic mass is 10.2. The summed E-state index contributed by atoms with van der Waals surface area (Å²) in [4.78, 5) is 78.1. The van der Waals surface area contributed by atoms with Crippen LogP contribution in [0.1, 0.15) is 46.4 Å². The number of hydrogen-bond acceptors (Lipinski definition) is 10. The Morgan fingerprint density at radius 2 is 1.00 bits per heavy atom. The molecule has 4 rings (SSSR count). The largest absolute Gasteiger partial charge is 0.293 e. The summed E-state index contributed by atoms with van der Waals surface area (Å²) < 4.78 is 0.460.